The average molecular weight is 497 g/mol. The van der Waals surface area contributed by atoms with Gasteiger partial charge >= 0.3 is 0 Å². The summed E-state index contributed by atoms with van der Waals surface area (Å²) in [6.07, 6.45) is 2.35. The average Bonchev–Trinajstić information content (AvgIpc) is 3.11. The zero-order chi connectivity index (χ0) is 24.2. The molecule has 34 heavy (non-hydrogen) atoms. The number of fused-ring (bicyclic) bond motifs is 1. The maximum absolute atomic E-state index is 13.4. The third-order valence-electron chi connectivity index (χ3n) is 5.40. The third-order valence-corrected chi connectivity index (χ3v) is 6.78. The van der Waals surface area contributed by atoms with Crippen molar-refractivity contribution in [2.45, 2.75) is 13.0 Å². The number of benzene rings is 1. The van der Waals surface area contributed by atoms with Gasteiger partial charge in [-0.05, 0) is 30.2 Å². The number of thiocarbonyl (C=S) groups is 1. The smallest absolute Gasteiger partial charge is 0.267 e. The fourth-order valence-corrected chi connectivity index (χ4v) is 4.86. The van der Waals surface area contributed by atoms with Crippen LogP contribution < -0.4 is 10.9 Å². The van der Waals surface area contributed by atoms with Gasteiger partial charge in [0.25, 0.3) is 11.5 Å². The largest absolute Gasteiger partial charge is 0.387 e. The molecule has 1 amide bonds. The number of rotatable bonds is 8. The molecule has 2 N–H and O–H groups in total. The van der Waals surface area contributed by atoms with Crippen LogP contribution in [0.1, 0.15) is 22.8 Å². The molecule has 3 aromatic rings. The molecule has 2 aromatic heterocycles. The number of carbonyl (C=O) groups is 1. The molecule has 0 spiro atoms. The number of aliphatic hydroxyl groups excluding tert-OH is 1. The number of methoxy groups -OCH3 is 1. The second kappa shape index (κ2) is 10.5. The maximum Gasteiger partial charge on any atom is 0.267 e. The summed E-state index contributed by atoms with van der Waals surface area (Å²) in [7, 11) is 1.55. The molecule has 1 aromatic carbocycles. The quantitative estimate of drug-likeness (QED) is 0.363. The molecule has 1 aliphatic heterocycles. The van der Waals surface area contributed by atoms with Crippen LogP contribution in [-0.4, -0.2) is 56.4 Å². The van der Waals surface area contributed by atoms with E-state index >= 15 is 0 Å². The van der Waals surface area contributed by atoms with Crippen LogP contribution in [0, 0.1) is 6.92 Å². The minimum Gasteiger partial charge on any atom is -0.387 e. The standard InChI is InChI=1S/C24H24N4O4S2/c1-15-7-6-10-27-21(15)26-20(25-14-18(29)16-8-4-3-5-9-16)17(22(27)30)13-19-23(31)28(11-12-32-2)24(33)34-19/h3-10,13,18,25,29H,11-12,14H2,1-2H3/b19-13+/t18-/m1/s1. The molecule has 10 heteroatoms. The first-order valence-electron chi connectivity index (χ1n) is 10.6. The summed E-state index contributed by atoms with van der Waals surface area (Å²) in [6.45, 7) is 2.68. The van der Waals surface area contributed by atoms with E-state index in [4.69, 9.17) is 17.0 Å². The van der Waals surface area contributed by atoms with Gasteiger partial charge in [0.05, 0.1) is 29.7 Å². The lowest BCUT2D eigenvalue weighted by Crippen LogP contribution is -2.31. The highest BCUT2D eigenvalue weighted by atomic mass is 32.2. The second-order valence-electron chi connectivity index (χ2n) is 7.70. The van der Waals surface area contributed by atoms with Crippen molar-refractivity contribution < 1.29 is 14.6 Å². The minimum atomic E-state index is -0.807. The number of hydrogen-bond acceptors (Lipinski definition) is 8. The Kier molecular flexibility index (Phi) is 7.42. The van der Waals surface area contributed by atoms with Gasteiger partial charge in [-0.3, -0.25) is 18.9 Å². The molecule has 4 rings (SSSR count). The van der Waals surface area contributed by atoms with Crippen LogP contribution in [0.4, 0.5) is 5.82 Å². The Morgan fingerprint density at radius 1 is 1.24 bits per heavy atom. The number of pyridine rings is 1. The molecular formula is C24H24N4O4S2. The van der Waals surface area contributed by atoms with Crippen molar-refractivity contribution in [3.05, 3.63) is 80.6 Å². The number of aliphatic hydroxyl groups is 1. The molecule has 0 saturated carbocycles. The molecule has 3 heterocycles. The second-order valence-corrected chi connectivity index (χ2v) is 9.37. The number of nitrogens with one attached hydrogen (secondary N) is 1. The molecule has 1 atom stereocenters. The van der Waals surface area contributed by atoms with E-state index in [9.17, 15) is 14.7 Å². The van der Waals surface area contributed by atoms with Crippen molar-refractivity contribution in [2.75, 3.05) is 32.1 Å². The Hall–Kier alpha value is -3.05. The summed E-state index contributed by atoms with van der Waals surface area (Å²) in [5.41, 5.74) is 1.95. The normalized spacial score (nSPS) is 16.0. The van der Waals surface area contributed by atoms with Crippen LogP contribution in [0.3, 0.4) is 0 Å². The van der Waals surface area contributed by atoms with E-state index < -0.39 is 6.10 Å². The van der Waals surface area contributed by atoms with Gasteiger partial charge in [-0.15, -0.1) is 0 Å². The number of carbonyl (C=O) groups excluding carboxylic acids is 1. The van der Waals surface area contributed by atoms with E-state index in [2.05, 4.69) is 10.3 Å². The molecule has 0 aliphatic carbocycles. The molecule has 0 radical (unpaired) electrons. The zero-order valence-electron chi connectivity index (χ0n) is 18.7. The summed E-state index contributed by atoms with van der Waals surface area (Å²) in [5.74, 6) is 0.00694. The molecule has 0 bridgehead atoms. The van der Waals surface area contributed by atoms with E-state index in [-0.39, 0.29) is 29.4 Å². The predicted molar refractivity (Wildman–Crippen MR) is 138 cm³/mol. The molecular weight excluding hydrogens is 472 g/mol. The highest BCUT2D eigenvalue weighted by molar-refractivity contribution is 8.26. The van der Waals surface area contributed by atoms with E-state index in [1.54, 1.807) is 19.4 Å². The van der Waals surface area contributed by atoms with E-state index in [1.165, 1.54) is 15.4 Å². The van der Waals surface area contributed by atoms with Crippen LogP contribution in [0.5, 0.6) is 0 Å². The van der Waals surface area contributed by atoms with Gasteiger partial charge in [-0.25, -0.2) is 4.98 Å². The highest BCUT2D eigenvalue weighted by Gasteiger charge is 2.32. The predicted octanol–water partition coefficient (Wildman–Crippen LogP) is 3.00. The number of aromatic nitrogens is 2. The van der Waals surface area contributed by atoms with Crippen LogP contribution in [0.15, 0.2) is 58.4 Å². The first-order valence-corrected chi connectivity index (χ1v) is 11.9. The Morgan fingerprint density at radius 2 is 2.00 bits per heavy atom. The number of thioether (sulfide) groups is 1. The lowest BCUT2D eigenvalue weighted by molar-refractivity contribution is -0.122. The molecule has 0 unspecified atom stereocenters. The van der Waals surface area contributed by atoms with Crippen molar-refractivity contribution in [2.24, 2.45) is 0 Å². The Bertz CT molecular complexity index is 1320. The van der Waals surface area contributed by atoms with E-state index in [1.807, 2.05) is 43.3 Å². The fraction of sp³-hybridized carbons (Fsp3) is 0.250. The fourth-order valence-electron chi connectivity index (χ4n) is 3.57. The van der Waals surface area contributed by atoms with Crippen LogP contribution in [0.2, 0.25) is 0 Å². The van der Waals surface area contributed by atoms with Crippen molar-refractivity contribution in [3.63, 3.8) is 0 Å². The molecule has 1 aliphatic rings. The number of aryl methyl sites for hydroxylation is 1. The van der Waals surface area contributed by atoms with Crippen LogP contribution in [-0.2, 0) is 9.53 Å². The molecule has 1 saturated heterocycles. The van der Waals surface area contributed by atoms with Crippen LogP contribution in [0.25, 0.3) is 11.7 Å². The molecule has 176 valence electrons. The summed E-state index contributed by atoms with van der Waals surface area (Å²) in [5, 5.41) is 13.7. The highest BCUT2D eigenvalue weighted by Crippen LogP contribution is 2.33. The van der Waals surface area contributed by atoms with Gasteiger partial charge in [-0.1, -0.05) is 60.4 Å². The summed E-state index contributed by atoms with van der Waals surface area (Å²) >= 11 is 6.48. The number of anilines is 1. The number of hydrogen-bond donors (Lipinski definition) is 2. The third kappa shape index (κ3) is 4.90. The maximum atomic E-state index is 13.4. The number of ether oxygens (including phenoxy) is 1. The van der Waals surface area contributed by atoms with Gasteiger partial charge < -0.3 is 15.2 Å². The summed E-state index contributed by atoms with van der Waals surface area (Å²) in [4.78, 5) is 32.8. The first-order chi connectivity index (χ1) is 16.4. The SMILES string of the molecule is COCCN1C(=O)/C(=C\c2c(NC[C@@H](O)c3ccccc3)nc3c(C)cccn3c2=O)SC1=S. The van der Waals surface area contributed by atoms with Gasteiger partial charge in [0.1, 0.15) is 15.8 Å². The van der Waals surface area contributed by atoms with Crippen molar-refractivity contribution in [3.8, 4) is 0 Å². The van der Waals surface area contributed by atoms with Gasteiger partial charge in [0, 0.05) is 19.9 Å². The number of nitrogens with zero attached hydrogens (tertiary/aromatic N) is 3. The topological polar surface area (TPSA) is 96.2 Å². The van der Waals surface area contributed by atoms with Crippen molar-refractivity contribution in [1.82, 2.24) is 14.3 Å². The van der Waals surface area contributed by atoms with E-state index in [0.717, 1.165) is 22.9 Å². The first kappa shape index (κ1) is 24.1. The van der Waals surface area contributed by atoms with Crippen LogP contribution >= 0.6 is 24.0 Å². The van der Waals surface area contributed by atoms with Gasteiger partial charge in [0.2, 0.25) is 0 Å². The zero-order valence-corrected chi connectivity index (χ0v) is 20.4. The van der Waals surface area contributed by atoms with Gasteiger partial charge in [0.15, 0.2) is 0 Å². The Morgan fingerprint density at radius 3 is 2.74 bits per heavy atom. The monoisotopic (exact) mass is 496 g/mol. The molecule has 1 fully saturated rings. The lowest BCUT2D eigenvalue weighted by Gasteiger charge is -2.15. The van der Waals surface area contributed by atoms with Crippen molar-refractivity contribution >= 4 is 51.7 Å². The van der Waals surface area contributed by atoms with E-state index in [0.29, 0.717) is 28.0 Å². The summed E-state index contributed by atoms with van der Waals surface area (Å²) < 4.78 is 6.92. The minimum absolute atomic E-state index is 0.133. The number of amides is 1. The molecule has 8 nitrogen and oxygen atoms in total. The van der Waals surface area contributed by atoms with Crippen molar-refractivity contribution in [1.29, 1.82) is 0 Å². The Balaban J connectivity index is 1.74. The lowest BCUT2D eigenvalue weighted by atomic mass is 10.1. The van der Waals surface area contributed by atoms with Gasteiger partial charge in [-0.2, -0.15) is 0 Å². The Labute approximate surface area is 206 Å². The summed E-state index contributed by atoms with van der Waals surface area (Å²) in [6, 6.07) is 12.9.